The minimum Gasteiger partial charge on any atom is -0.507 e. The number of phenolic OH excluding ortho intramolecular Hbond substituents is 1. The SMILES string of the molecule is Cc1c(O)c(C)c(Br)c(Cl)c1Br. The van der Waals surface area contributed by atoms with Crippen LogP contribution in [-0.2, 0) is 0 Å². The maximum Gasteiger partial charge on any atom is 0.123 e. The lowest BCUT2D eigenvalue weighted by molar-refractivity contribution is 0.466. The molecule has 1 nitrogen and oxygen atoms in total. The van der Waals surface area contributed by atoms with Crippen LogP contribution in [0.2, 0.25) is 5.02 Å². The second kappa shape index (κ2) is 3.56. The van der Waals surface area contributed by atoms with Crippen molar-refractivity contribution in [2.24, 2.45) is 0 Å². The van der Waals surface area contributed by atoms with Gasteiger partial charge in [0.2, 0.25) is 0 Å². The van der Waals surface area contributed by atoms with Crippen molar-refractivity contribution in [3.63, 3.8) is 0 Å². The van der Waals surface area contributed by atoms with Crippen molar-refractivity contribution in [3.05, 3.63) is 25.1 Å². The van der Waals surface area contributed by atoms with Gasteiger partial charge in [-0.1, -0.05) is 11.6 Å². The molecule has 0 saturated heterocycles. The molecule has 0 atom stereocenters. The van der Waals surface area contributed by atoms with Crippen LogP contribution in [-0.4, -0.2) is 5.11 Å². The van der Waals surface area contributed by atoms with Gasteiger partial charge in [0.05, 0.1) is 5.02 Å². The molecular formula is C8H7Br2ClO. The first-order chi connectivity index (χ1) is 5.46. The van der Waals surface area contributed by atoms with Gasteiger partial charge in [-0.25, -0.2) is 0 Å². The standard InChI is InChI=1S/C8H7Br2ClO/c1-3-5(9)7(11)6(10)4(2)8(3)12/h12H,1-2H3. The van der Waals surface area contributed by atoms with Gasteiger partial charge in [-0.2, -0.15) is 0 Å². The molecule has 0 saturated carbocycles. The quantitative estimate of drug-likeness (QED) is 0.712. The predicted octanol–water partition coefficient (Wildman–Crippen LogP) is 4.19. The van der Waals surface area contributed by atoms with E-state index in [1.807, 2.05) is 13.8 Å². The Labute approximate surface area is 93.0 Å². The molecule has 0 fully saturated rings. The largest absolute Gasteiger partial charge is 0.507 e. The molecule has 0 aliphatic rings. The summed E-state index contributed by atoms with van der Waals surface area (Å²) >= 11 is 12.5. The molecular weight excluding hydrogens is 307 g/mol. The predicted molar refractivity (Wildman–Crippen MR) is 58.0 cm³/mol. The first kappa shape index (κ1) is 10.4. The van der Waals surface area contributed by atoms with Gasteiger partial charge in [0.1, 0.15) is 5.75 Å². The second-order valence-electron chi connectivity index (χ2n) is 2.54. The Bertz CT molecular complexity index is 231. The average molecular weight is 314 g/mol. The molecule has 0 aromatic heterocycles. The fraction of sp³-hybridized carbons (Fsp3) is 0.250. The number of hydrogen-bond donors (Lipinski definition) is 1. The number of phenols is 1. The van der Waals surface area contributed by atoms with E-state index in [0.717, 1.165) is 20.1 Å². The molecule has 1 aromatic rings. The number of aromatic hydroxyl groups is 1. The van der Waals surface area contributed by atoms with Crippen LogP contribution in [0, 0.1) is 13.8 Å². The second-order valence-corrected chi connectivity index (χ2v) is 4.50. The van der Waals surface area contributed by atoms with E-state index >= 15 is 0 Å². The van der Waals surface area contributed by atoms with Crippen LogP contribution in [0.3, 0.4) is 0 Å². The Balaban J connectivity index is 3.60. The third kappa shape index (κ3) is 1.50. The van der Waals surface area contributed by atoms with Gasteiger partial charge in [0.15, 0.2) is 0 Å². The molecule has 0 heterocycles. The van der Waals surface area contributed by atoms with Gasteiger partial charge < -0.3 is 5.11 Å². The fourth-order valence-corrected chi connectivity index (χ4v) is 2.24. The normalized spacial score (nSPS) is 10.4. The van der Waals surface area contributed by atoms with E-state index in [9.17, 15) is 5.11 Å². The highest BCUT2D eigenvalue weighted by Gasteiger charge is 2.14. The van der Waals surface area contributed by atoms with Crippen LogP contribution >= 0.6 is 43.5 Å². The topological polar surface area (TPSA) is 20.2 Å². The molecule has 0 amide bonds. The molecule has 0 radical (unpaired) electrons. The lowest BCUT2D eigenvalue weighted by atomic mass is 10.1. The fourth-order valence-electron chi connectivity index (χ4n) is 0.915. The highest BCUT2D eigenvalue weighted by atomic mass is 79.9. The summed E-state index contributed by atoms with van der Waals surface area (Å²) in [5, 5.41) is 10.2. The van der Waals surface area contributed by atoms with Crippen LogP contribution in [0.4, 0.5) is 0 Å². The van der Waals surface area contributed by atoms with Crippen molar-refractivity contribution >= 4 is 43.5 Å². The zero-order valence-electron chi connectivity index (χ0n) is 6.58. The van der Waals surface area contributed by atoms with Crippen molar-refractivity contribution in [1.29, 1.82) is 0 Å². The van der Waals surface area contributed by atoms with Gasteiger partial charge in [0.25, 0.3) is 0 Å². The van der Waals surface area contributed by atoms with E-state index in [1.54, 1.807) is 0 Å². The van der Waals surface area contributed by atoms with E-state index in [2.05, 4.69) is 31.9 Å². The first-order valence-corrected chi connectivity index (χ1v) is 5.25. The van der Waals surface area contributed by atoms with E-state index in [4.69, 9.17) is 11.6 Å². The van der Waals surface area contributed by atoms with Crippen molar-refractivity contribution in [3.8, 4) is 5.75 Å². The highest BCUT2D eigenvalue weighted by molar-refractivity contribution is 9.11. The smallest absolute Gasteiger partial charge is 0.123 e. The maximum absolute atomic E-state index is 9.57. The zero-order chi connectivity index (χ0) is 9.46. The van der Waals surface area contributed by atoms with Crippen LogP contribution in [0.5, 0.6) is 5.75 Å². The Morgan fingerprint density at radius 2 is 1.42 bits per heavy atom. The van der Waals surface area contributed by atoms with Crippen molar-refractivity contribution in [1.82, 2.24) is 0 Å². The lowest BCUT2D eigenvalue weighted by Crippen LogP contribution is -1.86. The van der Waals surface area contributed by atoms with Gasteiger partial charge in [0, 0.05) is 20.1 Å². The van der Waals surface area contributed by atoms with E-state index in [-0.39, 0.29) is 5.75 Å². The van der Waals surface area contributed by atoms with Gasteiger partial charge in [-0.3, -0.25) is 0 Å². The summed E-state index contributed by atoms with van der Waals surface area (Å²) in [6.45, 7) is 3.62. The van der Waals surface area contributed by atoms with E-state index in [0.29, 0.717) is 5.02 Å². The maximum atomic E-state index is 9.57. The highest BCUT2D eigenvalue weighted by Crippen LogP contribution is 2.41. The van der Waals surface area contributed by atoms with Gasteiger partial charge >= 0.3 is 0 Å². The lowest BCUT2D eigenvalue weighted by Gasteiger charge is -2.10. The number of hydrogen-bond acceptors (Lipinski definition) is 1. The Hall–Kier alpha value is 0.270. The summed E-state index contributed by atoms with van der Waals surface area (Å²) in [7, 11) is 0. The molecule has 12 heavy (non-hydrogen) atoms. The number of benzene rings is 1. The molecule has 0 unspecified atom stereocenters. The summed E-state index contributed by atoms with van der Waals surface area (Å²) in [6.07, 6.45) is 0. The van der Waals surface area contributed by atoms with Crippen LogP contribution in [0.25, 0.3) is 0 Å². The average Bonchev–Trinajstić information content (AvgIpc) is 2.08. The zero-order valence-corrected chi connectivity index (χ0v) is 10.5. The molecule has 0 aliphatic carbocycles. The van der Waals surface area contributed by atoms with Gasteiger partial charge in [-0.05, 0) is 45.7 Å². The third-order valence-corrected chi connectivity index (χ3v) is 4.57. The molecule has 1 N–H and O–H groups in total. The number of rotatable bonds is 0. The summed E-state index contributed by atoms with van der Waals surface area (Å²) in [5.41, 5.74) is 1.53. The third-order valence-electron chi connectivity index (χ3n) is 1.75. The van der Waals surface area contributed by atoms with E-state index < -0.39 is 0 Å². The molecule has 0 bridgehead atoms. The van der Waals surface area contributed by atoms with Crippen molar-refractivity contribution in [2.75, 3.05) is 0 Å². The molecule has 0 spiro atoms. The summed E-state index contributed by atoms with van der Waals surface area (Å²) < 4.78 is 1.47. The number of halogens is 3. The van der Waals surface area contributed by atoms with Gasteiger partial charge in [-0.15, -0.1) is 0 Å². The Morgan fingerprint density at radius 1 is 1.08 bits per heavy atom. The molecule has 4 heteroatoms. The minimum atomic E-state index is 0.276. The van der Waals surface area contributed by atoms with Crippen molar-refractivity contribution < 1.29 is 5.11 Å². The summed E-state index contributed by atoms with van der Waals surface area (Å²) in [4.78, 5) is 0. The van der Waals surface area contributed by atoms with E-state index in [1.165, 1.54) is 0 Å². The Kier molecular flexibility index (Phi) is 3.07. The first-order valence-electron chi connectivity index (χ1n) is 3.29. The molecule has 1 rings (SSSR count). The van der Waals surface area contributed by atoms with Crippen molar-refractivity contribution in [2.45, 2.75) is 13.8 Å². The molecule has 66 valence electrons. The molecule has 1 aromatic carbocycles. The Morgan fingerprint density at radius 3 is 1.75 bits per heavy atom. The van der Waals surface area contributed by atoms with Crippen LogP contribution < -0.4 is 0 Å². The minimum absolute atomic E-state index is 0.276. The summed E-state index contributed by atoms with van der Waals surface area (Å²) in [6, 6.07) is 0. The van der Waals surface area contributed by atoms with Crippen LogP contribution in [0.15, 0.2) is 8.95 Å². The van der Waals surface area contributed by atoms with Crippen LogP contribution in [0.1, 0.15) is 11.1 Å². The monoisotopic (exact) mass is 312 g/mol. The summed E-state index contributed by atoms with van der Waals surface area (Å²) in [5.74, 6) is 0.276. The molecule has 0 aliphatic heterocycles.